The number of hydrogen-bond donors (Lipinski definition) is 1. The third kappa shape index (κ3) is 9.47. The number of amides is 1. The smallest absolute Gasteiger partial charge is 0.248 e. The summed E-state index contributed by atoms with van der Waals surface area (Å²) in [5.41, 5.74) is 4.32. The van der Waals surface area contributed by atoms with E-state index < -0.39 is 11.2 Å². The van der Waals surface area contributed by atoms with Gasteiger partial charge in [-0.05, 0) is 90.3 Å². The van der Waals surface area contributed by atoms with Crippen molar-refractivity contribution in [2.45, 2.75) is 43.9 Å². The van der Waals surface area contributed by atoms with Gasteiger partial charge >= 0.3 is 0 Å². The number of ether oxygens (including phenoxy) is 3. The summed E-state index contributed by atoms with van der Waals surface area (Å²) >= 11 is -1.21. The molecule has 1 atom stereocenters. The van der Waals surface area contributed by atoms with Gasteiger partial charge in [-0.2, -0.15) is 0 Å². The SMILES string of the molecule is CCCCOCCOc1ccc(-c2ccc(OC)c(/C=C/C(=O)Nc3ccc([S+]([O-])Cc4cncn4CC)cc3)c2)cc1. The Morgan fingerprint density at radius 2 is 1.77 bits per heavy atom. The number of aryl methyl sites for hydroxylation is 1. The molecule has 0 saturated carbocycles. The first-order valence-corrected chi connectivity index (χ1v) is 15.8. The maximum Gasteiger partial charge on any atom is 0.248 e. The average molecular weight is 602 g/mol. The van der Waals surface area contributed by atoms with E-state index in [2.05, 4.69) is 17.2 Å². The van der Waals surface area contributed by atoms with E-state index in [-0.39, 0.29) is 5.91 Å². The first kappa shape index (κ1) is 31.9. The Morgan fingerprint density at radius 3 is 2.49 bits per heavy atom. The average Bonchev–Trinajstić information content (AvgIpc) is 3.49. The second-order valence-corrected chi connectivity index (χ2v) is 11.3. The largest absolute Gasteiger partial charge is 0.611 e. The molecule has 4 aromatic rings. The zero-order valence-corrected chi connectivity index (χ0v) is 25.8. The number of hydrogen-bond acceptors (Lipinski definition) is 6. The molecular formula is C34H39N3O5S. The number of carbonyl (C=O) groups is 1. The highest BCUT2D eigenvalue weighted by Gasteiger charge is 2.15. The standard InChI is InChI=1S/C34H39N3O5S/c1-4-6-19-41-20-21-42-31-13-7-26(8-14-31)27-9-17-33(40-3)28(22-27)10-18-34(38)36-29-11-15-32(16-12-29)43(39)24-30-23-35-25-37(30)5-2/h7-18,22-23,25H,4-6,19-21,24H2,1-3H3,(H,36,38)/b18-10+. The van der Waals surface area contributed by atoms with Crippen molar-refractivity contribution in [2.75, 3.05) is 32.2 Å². The molecule has 4 rings (SSSR count). The fraction of sp³-hybridized carbons (Fsp3) is 0.294. The van der Waals surface area contributed by atoms with Crippen molar-refractivity contribution in [3.05, 3.63) is 96.6 Å². The van der Waals surface area contributed by atoms with Gasteiger partial charge in [-0.15, -0.1) is 0 Å². The third-order valence-corrected chi connectivity index (χ3v) is 8.13. The molecular weight excluding hydrogens is 562 g/mol. The van der Waals surface area contributed by atoms with Crippen LogP contribution < -0.4 is 14.8 Å². The minimum absolute atomic E-state index is 0.284. The molecule has 226 valence electrons. The molecule has 0 aliphatic rings. The summed E-state index contributed by atoms with van der Waals surface area (Å²) < 4.78 is 31.6. The maximum atomic E-state index is 12.8. The van der Waals surface area contributed by atoms with E-state index in [0.717, 1.165) is 54.1 Å². The number of methoxy groups -OCH3 is 1. The summed E-state index contributed by atoms with van der Waals surface area (Å²) in [4.78, 5) is 17.5. The summed E-state index contributed by atoms with van der Waals surface area (Å²) in [6.07, 6.45) is 8.86. The third-order valence-electron chi connectivity index (χ3n) is 6.77. The van der Waals surface area contributed by atoms with Gasteiger partial charge in [0, 0.05) is 30.5 Å². The predicted octanol–water partition coefficient (Wildman–Crippen LogP) is 6.73. The van der Waals surface area contributed by atoms with Gasteiger partial charge in [-0.25, -0.2) is 4.98 Å². The van der Waals surface area contributed by atoms with Crippen molar-refractivity contribution in [1.82, 2.24) is 9.55 Å². The topological polar surface area (TPSA) is 97.7 Å². The number of carbonyl (C=O) groups excluding carboxylic acids is 1. The van der Waals surface area contributed by atoms with Crippen LogP contribution in [-0.2, 0) is 33.0 Å². The van der Waals surface area contributed by atoms with Crippen molar-refractivity contribution in [3.8, 4) is 22.6 Å². The number of nitrogens with one attached hydrogen (secondary N) is 1. The lowest BCUT2D eigenvalue weighted by atomic mass is 10.0. The summed E-state index contributed by atoms with van der Waals surface area (Å²) in [7, 11) is 1.60. The molecule has 0 saturated heterocycles. The molecule has 1 N–H and O–H groups in total. The Kier molecular flexibility index (Phi) is 12.3. The Hall–Kier alpha value is -4.05. The monoisotopic (exact) mass is 601 g/mol. The number of unbranched alkanes of at least 4 members (excludes halogenated alkanes) is 1. The van der Waals surface area contributed by atoms with Gasteiger partial charge < -0.3 is 28.6 Å². The number of aromatic nitrogens is 2. The fourth-order valence-electron chi connectivity index (χ4n) is 4.36. The number of rotatable bonds is 16. The van der Waals surface area contributed by atoms with E-state index in [1.807, 2.05) is 54.0 Å². The molecule has 0 spiro atoms. The number of nitrogens with zero attached hydrogens (tertiary/aromatic N) is 2. The molecule has 0 aliphatic heterocycles. The van der Waals surface area contributed by atoms with Crippen LogP contribution in [0.25, 0.3) is 17.2 Å². The molecule has 0 fully saturated rings. The first-order chi connectivity index (χ1) is 21.0. The van der Waals surface area contributed by atoms with Gasteiger partial charge in [0.05, 0.1) is 31.9 Å². The lowest BCUT2D eigenvalue weighted by molar-refractivity contribution is -0.111. The zero-order valence-electron chi connectivity index (χ0n) is 25.0. The van der Waals surface area contributed by atoms with Crippen molar-refractivity contribution >= 4 is 28.8 Å². The Labute approximate surface area is 256 Å². The highest BCUT2D eigenvalue weighted by atomic mass is 32.2. The Morgan fingerprint density at radius 1 is 1.00 bits per heavy atom. The van der Waals surface area contributed by atoms with Gasteiger partial charge in [-0.3, -0.25) is 4.79 Å². The van der Waals surface area contributed by atoms with Gasteiger partial charge in [-0.1, -0.05) is 31.5 Å². The predicted molar refractivity (Wildman–Crippen MR) is 172 cm³/mol. The van der Waals surface area contributed by atoms with Crippen LogP contribution in [-0.4, -0.2) is 46.9 Å². The van der Waals surface area contributed by atoms with Gasteiger partial charge in [0.25, 0.3) is 0 Å². The summed E-state index contributed by atoms with van der Waals surface area (Å²) in [5.74, 6) is 1.55. The van der Waals surface area contributed by atoms with Gasteiger partial charge in [0.2, 0.25) is 5.91 Å². The fourth-order valence-corrected chi connectivity index (χ4v) is 5.48. The quantitative estimate of drug-likeness (QED) is 0.0869. The van der Waals surface area contributed by atoms with Crippen molar-refractivity contribution in [1.29, 1.82) is 0 Å². The summed E-state index contributed by atoms with van der Waals surface area (Å²) in [6.45, 7) is 6.79. The van der Waals surface area contributed by atoms with Crippen LogP contribution in [0.2, 0.25) is 0 Å². The highest BCUT2D eigenvalue weighted by molar-refractivity contribution is 7.90. The van der Waals surface area contributed by atoms with Crippen LogP contribution in [0.3, 0.4) is 0 Å². The maximum absolute atomic E-state index is 12.8. The van der Waals surface area contributed by atoms with Gasteiger partial charge in [0.1, 0.15) is 18.1 Å². The van der Waals surface area contributed by atoms with Crippen LogP contribution in [0, 0.1) is 0 Å². The van der Waals surface area contributed by atoms with Crippen molar-refractivity contribution < 1.29 is 23.6 Å². The molecule has 9 heteroatoms. The Bertz CT molecular complexity index is 1470. The normalized spacial score (nSPS) is 11.9. The van der Waals surface area contributed by atoms with E-state index in [9.17, 15) is 9.35 Å². The highest BCUT2D eigenvalue weighted by Crippen LogP contribution is 2.29. The van der Waals surface area contributed by atoms with E-state index in [1.54, 1.807) is 50.0 Å². The van der Waals surface area contributed by atoms with Crippen LogP contribution in [0.1, 0.15) is 37.9 Å². The van der Waals surface area contributed by atoms with Crippen molar-refractivity contribution in [3.63, 3.8) is 0 Å². The molecule has 3 aromatic carbocycles. The number of anilines is 1. The van der Waals surface area contributed by atoms with E-state index >= 15 is 0 Å². The molecule has 1 amide bonds. The molecule has 1 heterocycles. The molecule has 0 radical (unpaired) electrons. The van der Waals surface area contributed by atoms with Crippen molar-refractivity contribution in [2.24, 2.45) is 0 Å². The molecule has 43 heavy (non-hydrogen) atoms. The number of imidazole rings is 1. The van der Waals surface area contributed by atoms with Crippen LogP contribution >= 0.6 is 0 Å². The van der Waals surface area contributed by atoms with E-state index in [4.69, 9.17) is 14.2 Å². The Balaban J connectivity index is 1.34. The zero-order chi connectivity index (χ0) is 30.4. The summed E-state index contributed by atoms with van der Waals surface area (Å²) in [5, 5.41) is 2.86. The lowest BCUT2D eigenvalue weighted by Gasteiger charge is -2.12. The minimum atomic E-state index is -1.21. The molecule has 8 nitrogen and oxygen atoms in total. The molecule has 1 aromatic heterocycles. The molecule has 0 bridgehead atoms. The van der Waals surface area contributed by atoms with Crippen LogP contribution in [0.15, 0.2) is 90.2 Å². The second kappa shape index (κ2) is 16.6. The van der Waals surface area contributed by atoms with E-state index in [1.165, 1.54) is 6.08 Å². The lowest BCUT2D eigenvalue weighted by Crippen LogP contribution is -2.10. The number of benzene rings is 3. The van der Waals surface area contributed by atoms with Gasteiger partial charge in [0.15, 0.2) is 10.6 Å². The summed E-state index contributed by atoms with van der Waals surface area (Å²) in [6, 6.07) is 20.8. The minimum Gasteiger partial charge on any atom is -0.611 e. The van der Waals surface area contributed by atoms with E-state index in [0.29, 0.717) is 35.3 Å². The van der Waals surface area contributed by atoms with Crippen LogP contribution in [0.4, 0.5) is 5.69 Å². The molecule has 1 unspecified atom stereocenters. The first-order valence-electron chi connectivity index (χ1n) is 14.5. The second-order valence-electron chi connectivity index (χ2n) is 9.80. The van der Waals surface area contributed by atoms with Crippen LogP contribution in [0.5, 0.6) is 11.5 Å². The molecule has 0 aliphatic carbocycles.